The molecule has 8 nitrogen and oxygen atoms in total. The summed E-state index contributed by atoms with van der Waals surface area (Å²) in [5, 5.41) is 13.7. The molecule has 1 aromatic rings. The molecule has 0 spiro atoms. The van der Waals surface area contributed by atoms with Gasteiger partial charge < -0.3 is 20.1 Å². The molecule has 0 atom stereocenters. The number of benzene rings is 1. The van der Waals surface area contributed by atoms with Crippen LogP contribution in [0.1, 0.15) is 38.5 Å². The number of amides is 2. The molecule has 1 aliphatic carbocycles. The van der Waals surface area contributed by atoms with E-state index in [0.717, 1.165) is 12.8 Å². The van der Waals surface area contributed by atoms with E-state index in [1.165, 1.54) is 7.11 Å². The van der Waals surface area contributed by atoms with Gasteiger partial charge in [-0.2, -0.15) is 10.2 Å². The third-order valence-corrected chi connectivity index (χ3v) is 4.55. The number of hydrogen-bond donors (Lipinski definition) is 2. The van der Waals surface area contributed by atoms with E-state index >= 15 is 0 Å². The van der Waals surface area contributed by atoms with Crippen LogP contribution in [-0.2, 0) is 9.59 Å². The zero-order valence-electron chi connectivity index (χ0n) is 15.9. The van der Waals surface area contributed by atoms with Crippen molar-refractivity contribution in [1.82, 2.24) is 5.32 Å². The molecule has 0 radical (unpaired) electrons. The van der Waals surface area contributed by atoms with Crippen molar-refractivity contribution in [3.05, 3.63) is 18.2 Å². The molecule has 1 aliphatic heterocycles. The highest BCUT2D eigenvalue weighted by Crippen LogP contribution is 2.37. The molecule has 1 fully saturated rings. The van der Waals surface area contributed by atoms with E-state index in [0.29, 0.717) is 36.4 Å². The molecule has 1 heterocycles. The summed E-state index contributed by atoms with van der Waals surface area (Å²) < 4.78 is 10.8. The quantitative estimate of drug-likeness (QED) is 0.573. The fourth-order valence-electron chi connectivity index (χ4n) is 2.71. The van der Waals surface area contributed by atoms with Crippen molar-refractivity contribution in [2.75, 3.05) is 19.0 Å². The van der Waals surface area contributed by atoms with Crippen molar-refractivity contribution in [3.8, 4) is 23.8 Å². The van der Waals surface area contributed by atoms with Gasteiger partial charge in [0.1, 0.15) is 0 Å². The van der Waals surface area contributed by atoms with Crippen LogP contribution in [-0.4, -0.2) is 37.2 Å². The number of anilines is 1. The summed E-state index contributed by atoms with van der Waals surface area (Å²) >= 11 is 0. The lowest BCUT2D eigenvalue weighted by Gasteiger charge is -2.13. The summed E-state index contributed by atoms with van der Waals surface area (Å²) in [6.45, 7) is -0.106. The van der Waals surface area contributed by atoms with Gasteiger partial charge in [-0.1, -0.05) is 0 Å². The molecule has 1 aromatic carbocycles. The molecule has 8 heteroatoms. The Balaban J connectivity index is 1.51. The summed E-state index contributed by atoms with van der Waals surface area (Å²) in [4.78, 5) is 24.1. The molecule has 0 aromatic heterocycles. The summed E-state index contributed by atoms with van der Waals surface area (Å²) in [6, 6.07) is 5.32. The molecular weight excluding hydrogens is 360 g/mol. The number of nitrogens with zero attached hydrogens (tertiary/aromatic N) is 2. The first-order valence-corrected chi connectivity index (χ1v) is 9.31. The number of hydrogen-bond acceptors (Lipinski definition) is 6. The molecule has 1 saturated carbocycles. The second-order valence-electron chi connectivity index (χ2n) is 6.93. The third-order valence-electron chi connectivity index (χ3n) is 4.55. The molecule has 0 unspecified atom stereocenters. The van der Waals surface area contributed by atoms with Gasteiger partial charge in [0.15, 0.2) is 23.8 Å². The monoisotopic (exact) mass is 384 g/mol. The van der Waals surface area contributed by atoms with Gasteiger partial charge in [0.25, 0.3) is 5.91 Å². The average molecular weight is 384 g/mol. The number of nitrogens with one attached hydrogen (secondary N) is 2. The molecule has 2 amide bonds. The van der Waals surface area contributed by atoms with Gasteiger partial charge in [-0.05, 0) is 25.0 Å². The molecular formula is C20H24N4O4. The zero-order chi connectivity index (χ0) is 20.0. The van der Waals surface area contributed by atoms with Crippen LogP contribution in [0.4, 0.5) is 5.69 Å². The topological polar surface area (TPSA) is 101 Å². The van der Waals surface area contributed by atoms with Crippen molar-refractivity contribution in [3.63, 3.8) is 0 Å². The third kappa shape index (κ3) is 5.71. The van der Waals surface area contributed by atoms with Crippen molar-refractivity contribution < 1.29 is 19.1 Å². The van der Waals surface area contributed by atoms with Crippen LogP contribution >= 0.6 is 0 Å². The van der Waals surface area contributed by atoms with E-state index in [1.54, 1.807) is 18.2 Å². The molecule has 148 valence electrons. The van der Waals surface area contributed by atoms with Gasteiger partial charge >= 0.3 is 0 Å². The number of carbonyl (C=O) groups is 2. The lowest BCUT2D eigenvalue weighted by molar-refractivity contribution is -0.123. The minimum Gasteiger partial charge on any atom is -0.493 e. The smallest absolute Gasteiger partial charge is 0.258 e. The van der Waals surface area contributed by atoms with Gasteiger partial charge in [-0.25, -0.2) is 0 Å². The minimum absolute atomic E-state index is 0.106. The standard InChI is InChI=1S/C20H24N4O4/c1-3-4-10-20(23-24-20)11-9-18(25)22-15-7-8-16(27-2)17(12-15)28-13-19(26)21-14-5-6-14/h1,7-8,12,14H,4-6,9-11,13H2,2H3,(H,21,26)(H,22,25). The molecule has 3 rings (SSSR count). The second-order valence-corrected chi connectivity index (χ2v) is 6.93. The van der Waals surface area contributed by atoms with Crippen LogP contribution in [0.15, 0.2) is 28.4 Å². The Kier molecular flexibility index (Phi) is 6.14. The molecule has 2 aliphatic rings. The fourth-order valence-corrected chi connectivity index (χ4v) is 2.71. The largest absolute Gasteiger partial charge is 0.493 e. The van der Waals surface area contributed by atoms with Crippen LogP contribution < -0.4 is 20.1 Å². The van der Waals surface area contributed by atoms with Crippen molar-refractivity contribution in [2.24, 2.45) is 10.2 Å². The minimum atomic E-state index is -0.479. The summed E-state index contributed by atoms with van der Waals surface area (Å²) in [5.41, 5.74) is 0.0815. The lowest BCUT2D eigenvalue weighted by Crippen LogP contribution is -2.30. The Labute approximate surface area is 164 Å². The maximum absolute atomic E-state index is 12.2. The number of rotatable bonds is 11. The predicted molar refractivity (Wildman–Crippen MR) is 103 cm³/mol. The van der Waals surface area contributed by atoms with Gasteiger partial charge in [0, 0.05) is 43.5 Å². The highest BCUT2D eigenvalue weighted by atomic mass is 16.5. The maximum atomic E-state index is 12.2. The fraction of sp³-hybridized carbons (Fsp3) is 0.500. The van der Waals surface area contributed by atoms with E-state index in [9.17, 15) is 9.59 Å². The van der Waals surface area contributed by atoms with E-state index < -0.39 is 5.66 Å². The lowest BCUT2D eigenvalue weighted by atomic mass is 10.0. The Morgan fingerprint density at radius 1 is 1.25 bits per heavy atom. The van der Waals surface area contributed by atoms with Crippen molar-refractivity contribution in [1.29, 1.82) is 0 Å². The van der Waals surface area contributed by atoms with Crippen molar-refractivity contribution >= 4 is 17.5 Å². The molecule has 2 N–H and O–H groups in total. The summed E-state index contributed by atoms with van der Waals surface area (Å²) in [6.07, 6.45) is 9.36. The Morgan fingerprint density at radius 3 is 2.68 bits per heavy atom. The number of ether oxygens (including phenoxy) is 2. The number of methoxy groups -OCH3 is 1. The van der Waals surface area contributed by atoms with Crippen LogP contribution in [0, 0.1) is 12.3 Å². The van der Waals surface area contributed by atoms with E-state index in [-0.39, 0.29) is 30.9 Å². The average Bonchev–Trinajstić information content (AvgIpc) is 3.61. The van der Waals surface area contributed by atoms with Crippen LogP contribution in [0.2, 0.25) is 0 Å². The molecule has 0 saturated heterocycles. The van der Waals surface area contributed by atoms with Gasteiger partial charge in [-0.3, -0.25) is 9.59 Å². The Bertz CT molecular complexity index is 805. The first-order valence-electron chi connectivity index (χ1n) is 9.31. The van der Waals surface area contributed by atoms with Crippen LogP contribution in [0.25, 0.3) is 0 Å². The van der Waals surface area contributed by atoms with Gasteiger partial charge in [0.2, 0.25) is 5.91 Å². The van der Waals surface area contributed by atoms with E-state index in [4.69, 9.17) is 15.9 Å². The first kappa shape index (κ1) is 19.7. The Hall–Kier alpha value is -3.08. The van der Waals surface area contributed by atoms with Gasteiger partial charge in [-0.15, -0.1) is 12.3 Å². The summed E-state index contributed by atoms with van der Waals surface area (Å²) in [5.74, 6) is 3.12. The van der Waals surface area contributed by atoms with Crippen LogP contribution in [0.5, 0.6) is 11.5 Å². The normalized spacial score (nSPS) is 16.0. The van der Waals surface area contributed by atoms with Crippen LogP contribution in [0.3, 0.4) is 0 Å². The highest BCUT2D eigenvalue weighted by molar-refractivity contribution is 5.91. The SMILES string of the molecule is C#CCCC1(CCC(=O)Nc2ccc(OC)c(OCC(=O)NC3CC3)c2)N=N1. The molecule has 0 bridgehead atoms. The highest BCUT2D eigenvalue weighted by Gasteiger charge is 2.39. The van der Waals surface area contributed by atoms with Gasteiger partial charge in [0.05, 0.1) is 7.11 Å². The maximum Gasteiger partial charge on any atom is 0.258 e. The molecule has 28 heavy (non-hydrogen) atoms. The summed E-state index contributed by atoms with van der Waals surface area (Å²) in [7, 11) is 1.52. The predicted octanol–water partition coefficient (Wildman–Crippen LogP) is 2.65. The van der Waals surface area contributed by atoms with E-state index in [1.807, 2.05) is 0 Å². The number of terminal acetylenes is 1. The zero-order valence-corrected chi connectivity index (χ0v) is 15.9. The number of carbonyl (C=O) groups excluding carboxylic acids is 2. The van der Waals surface area contributed by atoms with E-state index in [2.05, 4.69) is 26.8 Å². The second kappa shape index (κ2) is 8.74. The Morgan fingerprint density at radius 2 is 2.04 bits per heavy atom. The first-order chi connectivity index (χ1) is 13.5. The van der Waals surface area contributed by atoms with Crippen molar-refractivity contribution in [2.45, 2.75) is 50.2 Å².